The van der Waals surface area contributed by atoms with Gasteiger partial charge in [0.25, 0.3) is 5.56 Å². The number of fused-ring (bicyclic) bond motifs is 1. The second kappa shape index (κ2) is 4.03. The third kappa shape index (κ3) is 2.06. The molecular weight excluding hydrogens is 250 g/mol. The summed E-state index contributed by atoms with van der Waals surface area (Å²) in [4.78, 5) is 19.7. The van der Waals surface area contributed by atoms with Gasteiger partial charge < -0.3 is 4.98 Å². The molecular formula is C16H19N3O. The Morgan fingerprint density at radius 1 is 1.10 bits per heavy atom. The predicted molar refractivity (Wildman–Crippen MR) is 81.6 cm³/mol. The maximum Gasteiger partial charge on any atom is 0.259 e. The Labute approximate surface area is 117 Å². The van der Waals surface area contributed by atoms with Crippen molar-refractivity contribution in [3.8, 4) is 0 Å². The van der Waals surface area contributed by atoms with Crippen LogP contribution in [0.15, 0.2) is 35.1 Å². The average molecular weight is 269 g/mol. The predicted octanol–water partition coefficient (Wildman–Crippen LogP) is 2.47. The van der Waals surface area contributed by atoms with E-state index in [1.54, 1.807) is 6.07 Å². The molecule has 0 fully saturated rings. The molecule has 2 N–H and O–H groups in total. The van der Waals surface area contributed by atoms with E-state index in [1.807, 2.05) is 18.2 Å². The summed E-state index contributed by atoms with van der Waals surface area (Å²) in [6.45, 7) is 8.42. The summed E-state index contributed by atoms with van der Waals surface area (Å²) in [6, 6.07) is 7.41. The lowest BCUT2D eigenvalue weighted by Gasteiger charge is -2.27. The molecule has 0 radical (unpaired) electrons. The summed E-state index contributed by atoms with van der Waals surface area (Å²) in [5.74, 6) is 0.650. The molecule has 0 unspecified atom stereocenters. The molecule has 0 saturated heterocycles. The highest BCUT2D eigenvalue weighted by molar-refractivity contribution is 5.80. The van der Waals surface area contributed by atoms with Crippen molar-refractivity contribution in [2.24, 2.45) is 0 Å². The molecule has 20 heavy (non-hydrogen) atoms. The lowest BCUT2D eigenvalue weighted by atomic mass is 9.96. The van der Waals surface area contributed by atoms with Gasteiger partial charge in [-0.05, 0) is 39.8 Å². The lowest BCUT2D eigenvalue weighted by molar-refractivity contribution is 0.402. The van der Waals surface area contributed by atoms with Crippen LogP contribution in [0.1, 0.15) is 33.5 Å². The summed E-state index contributed by atoms with van der Waals surface area (Å²) in [5.41, 5.74) is 1.34. The van der Waals surface area contributed by atoms with E-state index in [4.69, 9.17) is 0 Å². The van der Waals surface area contributed by atoms with E-state index in [2.05, 4.69) is 49.1 Å². The first-order valence-corrected chi connectivity index (χ1v) is 6.81. The third-order valence-corrected chi connectivity index (χ3v) is 3.68. The van der Waals surface area contributed by atoms with Crippen molar-refractivity contribution in [2.45, 2.75) is 38.8 Å². The van der Waals surface area contributed by atoms with Gasteiger partial charge in [0.2, 0.25) is 0 Å². The SMILES string of the molecule is CC1(C)C=C(c2nc3ccccc3c(=O)[nH]2)C(C)(C)N1. The lowest BCUT2D eigenvalue weighted by Crippen LogP contribution is -2.45. The molecule has 104 valence electrons. The number of aromatic amines is 1. The van der Waals surface area contributed by atoms with Crippen molar-refractivity contribution in [1.82, 2.24) is 15.3 Å². The molecule has 0 bridgehead atoms. The van der Waals surface area contributed by atoms with Crippen LogP contribution in [0.2, 0.25) is 0 Å². The highest BCUT2D eigenvalue weighted by Gasteiger charge is 2.38. The molecule has 0 aliphatic carbocycles. The zero-order valence-electron chi connectivity index (χ0n) is 12.2. The number of para-hydroxylation sites is 1. The van der Waals surface area contributed by atoms with Gasteiger partial charge in [0.1, 0.15) is 5.82 Å². The van der Waals surface area contributed by atoms with E-state index in [0.29, 0.717) is 11.2 Å². The quantitative estimate of drug-likeness (QED) is 0.836. The van der Waals surface area contributed by atoms with Crippen LogP contribution in [0.5, 0.6) is 0 Å². The van der Waals surface area contributed by atoms with Gasteiger partial charge in [-0.3, -0.25) is 10.1 Å². The standard InChI is InChI=1S/C16H19N3O/c1-15(2)9-11(16(3,4)19-15)13-17-12-8-6-5-7-10(12)14(20)18-13/h5-9,19H,1-4H3,(H,17,18,20). The van der Waals surface area contributed by atoms with Gasteiger partial charge in [-0.25, -0.2) is 4.98 Å². The molecule has 0 spiro atoms. The monoisotopic (exact) mass is 269 g/mol. The van der Waals surface area contributed by atoms with E-state index in [9.17, 15) is 4.79 Å². The van der Waals surface area contributed by atoms with Crippen LogP contribution in [0.3, 0.4) is 0 Å². The smallest absolute Gasteiger partial charge is 0.259 e. The molecule has 2 heterocycles. The van der Waals surface area contributed by atoms with Gasteiger partial charge >= 0.3 is 0 Å². The Morgan fingerprint density at radius 3 is 2.45 bits per heavy atom. The number of benzene rings is 1. The van der Waals surface area contributed by atoms with Gasteiger partial charge in [0.05, 0.1) is 10.9 Å². The summed E-state index contributed by atoms with van der Waals surface area (Å²) >= 11 is 0. The Bertz CT molecular complexity index is 769. The molecule has 0 atom stereocenters. The molecule has 1 aliphatic rings. The number of nitrogens with zero attached hydrogens (tertiary/aromatic N) is 1. The fraction of sp³-hybridized carbons (Fsp3) is 0.375. The topological polar surface area (TPSA) is 57.8 Å². The molecule has 1 aromatic heterocycles. The third-order valence-electron chi connectivity index (χ3n) is 3.68. The molecule has 0 saturated carbocycles. The fourth-order valence-electron chi connectivity index (χ4n) is 3.03. The Morgan fingerprint density at radius 2 is 1.80 bits per heavy atom. The van der Waals surface area contributed by atoms with Crippen LogP contribution >= 0.6 is 0 Å². The summed E-state index contributed by atoms with van der Waals surface area (Å²) < 4.78 is 0. The summed E-state index contributed by atoms with van der Waals surface area (Å²) in [5, 5.41) is 4.16. The fourth-order valence-corrected chi connectivity index (χ4v) is 3.03. The number of hydrogen-bond donors (Lipinski definition) is 2. The van der Waals surface area contributed by atoms with Gasteiger partial charge in [0.15, 0.2) is 0 Å². The van der Waals surface area contributed by atoms with Crippen LogP contribution < -0.4 is 10.9 Å². The average Bonchev–Trinajstić information content (AvgIpc) is 2.57. The summed E-state index contributed by atoms with van der Waals surface area (Å²) in [7, 11) is 0. The molecule has 4 nitrogen and oxygen atoms in total. The first-order valence-electron chi connectivity index (χ1n) is 6.81. The second-order valence-electron chi connectivity index (χ2n) is 6.46. The van der Waals surface area contributed by atoms with Crippen molar-refractivity contribution < 1.29 is 0 Å². The Balaban J connectivity index is 2.23. The maximum atomic E-state index is 12.2. The van der Waals surface area contributed by atoms with Crippen molar-refractivity contribution in [2.75, 3.05) is 0 Å². The zero-order chi connectivity index (χ0) is 14.5. The maximum absolute atomic E-state index is 12.2. The van der Waals surface area contributed by atoms with Gasteiger partial charge in [-0.15, -0.1) is 0 Å². The molecule has 1 aliphatic heterocycles. The normalized spacial score (nSPS) is 20.1. The van der Waals surface area contributed by atoms with Gasteiger partial charge in [0, 0.05) is 16.7 Å². The molecule has 0 amide bonds. The Kier molecular flexibility index (Phi) is 2.63. The van der Waals surface area contributed by atoms with E-state index >= 15 is 0 Å². The first-order chi connectivity index (χ1) is 9.28. The number of H-pyrrole nitrogens is 1. The van der Waals surface area contributed by atoms with Crippen molar-refractivity contribution >= 4 is 16.5 Å². The zero-order valence-corrected chi connectivity index (χ0v) is 12.2. The minimum absolute atomic E-state index is 0.0907. The van der Waals surface area contributed by atoms with Crippen molar-refractivity contribution in [3.05, 3.63) is 46.5 Å². The van der Waals surface area contributed by atoms with Crippen molar-refractivity contribution in [1.29, 1.82) is 0 Å². The largest absolute Gasteiger partial charge is 0.306 e. The number of rotatable bonds is 1. The van der Waals surface area contributed by atoms with E-state index < -0.39 is 0 Å². The molecule has 4 heteroatoms. The van der Waals surface area contributed by atoms with E-state index in [-0.39, 0.29) is 16.6 Å². The first kappa shape index (κ1) is 13.1. The van der Waals surface area contributed by atoms with Crippen LogP contribution in [0.25, 0.3) is 16.5 Å². The van der Waals surface area contributed by atoms with Crippen LogP contribution in [-0.4, -0.2) is 21.0 Å². The van der Waals surface area contributed by atoms with Crippen molar-refractivity contribution in [3.63, 3.8) is 0 Å². The molecule has 3 rings (SSSR count). The molecule has 1 aromatic carbocycles. The number of nitrogens with one attached hydrogen (secondary N) is 2. The number of aromatic nitrogens is 2. The highest BCUT2D eigenvalue weighted by Crippen LogP contribution is 2.34. The highest BCUT2D eigenvalue weighted by atomic mass is 16.1. The minimum atomic E-state index is -0.220. The summed E-state index contributed by atoms with van der Waals surface area (Å²) in [6.07, 6.45) is 2.14. The van der Waals surface area contributed by atoms with Gasteiger partial charge in [-0.1, -0.05) is 18.2 Å². The second-order valence-corrected chi connectivity index (χ2v) is 6.46. The minimum Gasteiger partial charge on any atom is -0.306 e. The number of hydrogen-bond acceptors (Lipinski definition) is 3. The van der Waals surface area contributed by atoms with Crippen LogP contribution in [0.4, 0.5) is 0 Å². The van der Waals surface area contributed by atoms with Gasteiger partial charge in [-0.2, -0.15) is 0 Å². The van der Waals surface area contributed by atoms with E-state index in [0.717, 1.165) is 11.1 Å². The molecule has 2 aromatic rings. The van der Waals surface area contributed by atoms with Crippen LogP contribution in [0, 0.1) is 0 Å². The van der Waals surface area contributed by atoms with Crippen LogP contribution in [-0.2, 0) is 0 Å². The van der Waals surface area contributed by atoms with E-state index in [1.165, 1.54) is 0 Å². The Hall–Kier alpha value is -1.94.